The quantitative estimate of drug-likeness (QED) is 0.0920. The first kappa shape index (κ1) is 29.4. The zero-order chi connectivity index (χ0) is 31.6. The van der Waals surface area contributed by atoms with Gasteiger partial charge in [0.25, 0.3) is 0 Å². The lowest BCUT2D eigenvalue weighted by Crippen LogP contribution is -2.38. The maximum atomic E-state index is 13.0. The average molecular weight is 611 g/mol. The van der Waals surface area contributed by atoms with Gasteiger partial charge in [0.1, 0.15) is 6.10 Å². The number of oxime groups is 1. The molecule has 1 saturated heterocycles. The van der Waals surface area contributed by atoms with Crippen molar-refractivity contribution in [3.05, 3.63) is 143 Å². The molecule has 230 valence electrons. The fourth-order valence-electron chi connectivity index (χ4n) is 6.74. The van der Waals surface area contributed by atoms with Crippen LogP contribution in [0.2, 0.25) is 0 Å². The first-order valence-corrected chi connectivity index (χ1v) is 15.6. The van der Waals surface area contributed by atoms with Crippen LogP contribution in [0.5, 0.6) is 0 Å². The predicted molar refractivity (Wildman–Crippen MR) is 178 cm³/mol. The van der Waals surface area contributed by atoms with Gasteiger partial charge in [-0.25, -0.2) is 9.59 Å². The highest BCUT2D eigenvalue weighted by atomic mass is 16.7. The Hall–Kier alpha value is -5.27. The highest BCUT2D eigenvalue weighted by Crippen LogP contribution is 2.40. The number of fused-ring (bicyclic) bond motifs is 4. The second-order valence-corrected chi connectivity index (χ2v) is 11.9. The van der Waals surface area contributed by atoms with Gasteiger partial charge in [-0.15, -0.1) is 0 Å². The summed E-state index contributed by atoms with van der Waals surface area (Å²) in [6.45, 7) is 1.09. The van der Waals surface area contributed by atoms with Gasteiger partial charge in [0.15, 0.2) is 5.71 Å². The molecule has 1 fully saturated rings. The Kier molecular flexibility index (Phi) is 8.07. The van der Waals surface area contributed by atoms with E-state index in [9.17, 15) is 14.7 Å². The molecule has 7 nitrogen and oxygen atoms in total. The van der Waals surface area contributed by atoms with Gasteiger partial charge in [0, 0.05) is 18.7 Å². The molecule has 7 heteroatoms. The minimum Gasteiger partial charge on any atom is -0.464 e. The normalized spacial score (nSPS) is 15.3. The third kappa shape index (κ3) is 5.66. The summed E-state index contributed by atoms with van der Waals surface area (Å²) in [6, 6.07) is 36.0. The fourth-order valence-corrected chi connectivity index (χ4v) is 6.74. The average Bonchev–Trinajstić information content (AvgIpc) is 3.48. The van der Waals surface area contributed by atoms with Gasteiger partial charge in [-0.3, -0.25) is 4.84 Å². The van der Waals surface area contributed by atoms with Crippen LogP contribution in [0.3, 0.4) is 0 Å². The van der Waals surface area contributed by atoms with E-state index in [2.05, 4.69) is 23.4 Å². The maximum Gasteiger partial charge on any atom is 0.435 e. The van der Waals surface area contributed by atoms with Gasteiger partial charge < -0.3 is 14.7 Å². The molecule has 0 aromatic heterocycles. The molecule has 2 aliphatic rings. The van der Waals surface area contributed by atoms with Crippen LogP contribution in [-0.4, -0.2) is 48.0 Å². The number of ether oxygens (including phenoxy) is 1. The van der Waals surface area contributed by atoms with E-state index in [0.717, 1.165) is 63.4 Å². The van der Waals surface area contributed by atoms with Crippen LogP contribution in [0.15, 0.2) is 114 Å². The molecule has 5 aromatic carbocycles. The van der Waals surface area contributed by atoms with Gasteiger partial charge in [0.05, 0.1) is 7.11 Å². The topological polar surface area (TPSA) is 88.4 Å². The number of aliphatic hydroxyl groups is 1. The first-order valence-electron chi connectivity index (χ1n) is 15.6. The lowest BCUT2D eigenvalue weighted by Gasteiger charge is -2.30. The molecule has 1 atom stereocenters. The van der Waals surface area contributed by atoms with Crippen molar-refractivity contribution in [3.63, 3.8) is 0 Å². The molecule has 46 heavy (non-hydrogen) atoms. The number of aliphatic hydroxyl groups excluding tert-OH is 1. The van der Waals surface area contributed by atoms with Crippen molar-refractivity contribution >= 4 is 28.5 Å². The smallest absolute Gasteiger partial charge is 0.435 e. The summed E-state index contributed by atoms with van der Waals surface area (Å²) in [5, 5.41) is 17.6. The molecule has 0 spiro atoms. The van der Waals surface area contributed by atoms with Gasteiger partial charge in [-0.05, 0) is 87.0 Å². The van der Waals surface area contributed by atoms with Gasteiger partial charge in [-0.2, -0.15) is 0 Å². The Morgan fingerprint density at radius 1 is 0.826 bits per heavy atom. The fraction of sp³-hybridized carbons (Fsp3) is 0.205. The van der Waals surface area contributed by atoms with Crippen LogP contribution in [0.4, 0.5) is 4.79 Å². The second-order valence-electron chi connectivity index (χ2n) is 11.9. The molecule has 1 aliphatic carbocycles. The molecule has 1 N–H and O–H groups in total. The summed E-state index contributed by atoms with van der Waals surface area (Å²) in [7, 11) is 1.28. The molecule has 1 amide bonds. The van der Waals surface area contributed by atoms with Gasteiger partial charge in [0.2, 0.25) is 0 Å². The van der Waals surface area contributed by atoms with Gasteiger partial charge in [-0.1, -0.05) is 102 Å². The van der Waals surface area contributed by atoms with E-state index in [-0.39, 0.29) is 5.71 Å². The van der Waals surface area contributed by atoms with Crippen molar-refractivity contribution in [2.45, 2.75) is 31.3 Å². The van der Waals surface area contributed by atoms with Crippen molar-refractivity contribution in [2.24, 2.45) is 5.16 Å². The molecule has 0 saturated carbocycles. The molecule has 0 radical (unpaired) electrons. The van der Waals surface area contributed by atoms with E-state index >= 15 is 0 Å². The van der Waals surface area contributed by atoms with Crippen molar-refractivity contribution in [2.75, 3.05) is 20.2 Å². The zero-order valence-corrected chi connectivity index (χ0v) is 25.6. The number of hydrogen-bond donors (Lipinski definition) is 1. The number of piperidine rings is 1. The number of carbonyl (C=O) groups is 2. The Labute approximate surface area is 267 Å². The Bertz CT molecular complexity index is 1960. The van der Waals surface area contributed by atoms with Crippen LogP contribution in [-0.2, 0) is 20.8 Å². The van der Waals surface area contributed by atoms with E-state index < -0.39 is 18.2 Å². The summed E-state index contributed by atoms with van der Waals surface area (Å²) in [5.74, 6) is -0.309. The molecule has 5 aromatic rings. The summed E-state index contributed by atoms with van der Waals surface area (Å²) < 4.78 is 5.02. The van der Waals surface area contributed by atoms with Crippen molar-refractivity contribution in [1.29, 1.82) is 0 Å². The number of nitrogens with zero attached hydrogens (tertiary/aromatic N) is 2. The van der Waals surface area contributed by atoms with Gasteiger partial charge >= 0.3 is 12.1 Å². The SMILES string of the molecule is COC(=O)/C(=N\OC(=O)N1CCC(c2ccccc2)CC1)c1ccc2c(c1)-c1cc(C(O)c3cccc4ccccc34)ccc1C2. The van der Waals surface area contributed by atoms with Crippen LogP contribution < -0.4 is 0 Å². The van der Waals surface area contributed by atoms with E-state index in [4.69, 9.17) is 9.57 Å². The van der Waals surface area contributed by atoms with Crippen LogP contribution in [0, 0.1) is 0 Å². The highest BCUT2D eigenvalue weighted by Gasteiger charge is 2.27. The number of esters is 1. The van der Waals surface area contributed by atoms with Crippen molar-refractivity contribution < 1.29 is 24.3 Å². The number of methoxy groups -OCH3 is 1. The van der Waals surface area contributed by atoms with Crippen LogP contribution in [0.25, 0.3) is 21.9 Å². The molecular weight excluding hydrogens is 576 g/mol. The molecule has 1 aliphatic heterocycles. The Morgan fingerprint density at radius 3 is 2.30 bits per heavy atom. The number of rotatable bonds is 6. The Morgan fingerprint density at radius 2 is 1.52 bits per heavy atom. The lowest BCUT2D eigenvalue weighted by atomic mass is 9.90. The molecule has 0 bridgehead atoms. The summed E-state index contributed by atoms with van der Waals surface area (Å²) in [6.07, 6.45) is 0.982. The third-order valence-electron chi connectivity index (χ3n) is 9.24. The summed E-state index contributed by atoms with van der Waals surface area (Å²) in [4.78, 5) is 32.8. The van der Waals surface area contributed by atoms with Crippen molar-refractivity contribution in [3.8, 4) is 11.1 Å². The monoisotopic (exact) mass is 610 g/mol. The first-order chi connectivity index (χ1) is 22.5. The molecule has 7 rings (SSSR count). The standard InChI is InChI=1S/C39H34N2O5/c1-45-38(43)36(40-46-39(44)41-20-18-26(19-21-41)25-8-3-2-4-9-25)30-16-14-28-22-29-15-17-31(24-35(29)34(28)23-30)37(42)33-13-7-11-27-10-5-6-12-32(27)33/h2-17,23-24,26,37,42H,18-22H2,1H3/b40-36-. The van der Waals surface area contributed by atoms with Crippen LogP contribution in [0.1, 0.15) is 58.2 Å². The highest BCUT2D eigenvalue weighted by molar-refractivity contribution is 6.43. The lowest BCUT2D eigenvalue weighted by molar-refractivity contribution is -0.132. The van der Waals surface area contributed by atoms with Crippen molar-refractivity contribution in [1.82, 2.24) is 4.90 Å². The zero-order valence-electron chi connectivity index (χ0n) is 25.6. The summed E-state index contributed by atoms with van der Waals surface area (Å²) in [5.41, 5.74) is 7.43. The minimum absolute atomic E-state index is 0.0850. The van der Waals surface area contributed by atoms with E-state index in [1.165, 1.54) is 12.7 Å². The van der Waals surface area contributed by atoms with E-state index in [0.29, 0.717) is 24.6 Å². The number of hydrogen-bond acceptors (Lipinski definition) is 6. The predicted octanol–water partition coefficient (Wildman–Crippen LogP) is 7.39. The largest absolute Gasteiger partial charge is 0.464 e. The molecular formula is C39H34N2O5. The van der Waals surface area contributed by atoms with Crippen LogP contribution >= 0.6 is 0 Å². The second kappa shape index (κ2) is 12.6. The molecule has 1 unspecified atom stereocenters. The summed E-state index contributed by atoms with van der Waals surface area (Å²) >= 11 is 0. The number of carbonyl (C=O) groups excluding carboxylic acids is 2. The van der Waals surface area contributed by atoms with E-state index in [1.54, 1.807) is 11.0 Å². The van der Waals surface area contributed by atoms with E-state index in [1.807, 2.05) is 84.9 Å². The minimum atomic E-state index is -0.812. The number of likely N-dealkylation sites (tertiary alicyclic amines) is 1. The molecule has 1 heterocycles. The third-order valence-corrected chi connectivity index (χ3v) is 9.24. The number of amides is 1. The maximum absolute atomic E-state index is 13.0. The number of benzene rings is 5. The Balaban J connectivity index is 1.12.